The van der Waals surface area contributed by atoms with Crippen molar-refractivity contribution >= 4 is 10.0 Å². The normalized spacial score (nSPS) is 26.1. The summed E-state index contributed by atoms with van der Waals surface area (Å²) in [7, 11) is -3.16. The van der Waals surface area contributed by atoms with E-state index in [1.165, 1.54) is 0 Å². The molecule has 0 amide bonds. The summed E-state index contributed by atoms with van der Waals surface area (Å²) < 4.78 is 27.7. The van der Waals surface area contributed by atoms with Crippen molar-refractivity contribution in [3.63, 3.8) is 0 Å². The Morgan fingerprint density at radius 1 is 1.21 bits per heavy atom. The molecule has 1 saturated carbocycles. The van der Waals surface area contributed by atoms with Crippen molar-refractivity contribution < 1.29 is 8.42 Å². The van der Waals surface area contributed by atoms with Gasteiger partial charge in [-0.1, -0.05) is 18.8 Å². The molecule has 19 heavy (non-hydrogen) atoms. The van der Waals surface area contributed by atoms with Gasteiger partial charge in [-0.25, -0.2) is 13.1 Å². The van der Waals surface area contributed by atoms with Crippen LogP contribution < -0.4 is 4.72 Å². The summed E-state index contributed by atoms with van der Waals surface area (Å²) in [6.07, 6.45) is 6.01. The van der Waals surface area contributed by atoms with Gasteiger partial charge in [-0.3, -0.25) is 4.90 Å². The lowest BCUT2D eigenvalue weighted by Gasteiger charge is -2.31. The molecular weight excluding hydrogens is 260 g/mol. The minimum atomic E-state index is -3.16. The zero-order chi connectivity index (χ0) is 13.7. The maximum Gasteiger partial charge on any atom is 0.215 e. The number of piperidine rings is 1. The fourth-order valence-corrected chi connectivity index (χ4v) is 4.75. The van der Waals surface area contributed by atoms with E-state index in [4.69, 9.17) is 0 Å². The van der Waals surface area contributed by atoms with Gasteiger partial charge in [-0.2, -0.15) is 0 Å². The van der Waals surface area contributed by atoms with Crippen molar-refractivity contribution in [1.82, 2.24) is 9.62 Å². The van der Waals surface area contributed by atoms with Gasteiger partial charge in [0.1, 0.15) is 0 Å². The first-order chi connectivity index (χ1) is 9.12. The molecule has 108 valence electrons. The van der Waals surface area contributed by atoms with Crippen LogP contribution in [0.25, 0.3) is 0 Å². The van der Waals surface area contributed by atoms with E-state index in [9.17, 15) is 8.42 Å². The number of nitrogens with zero attached hydrogens (tertiary/aromatic N) is 1. The molecular formula is C14H24N2O2S. The molecule has 1 atom stereocenters. The summed E-state index contributed by atoms with van der Waals surface area (Å²) in [4.78, 5) is 2.15. The fourth-order valence-electron chi connectivity index (χ4n) is 2.97. The molecule has 2 rings (SSSR count). The highest BCUT2D eigenvalue weighted by Crippen LogP contribution is 2.21. The van der Waals surface area contributed by atoms with E-state index in [-0.39, 0.29) is 11.3 Å². The van der Waals surface area contributed by atoms with Crippen molar-refractivity contribution in [1.29, 1.82) is 0 Å². The van der Waals surface area contributed by atoms with Gasteiger partial charge in [-0.15, -0.1) is 5.92 Å². The Bertz CT molecular complexity index is 444. The lowest BCUT2D eigenvalue weighted by molar-refractivity contribution is 0.255. The van der Waals surface area contributed by atoms with Gasteiger partial charge in [-0.05, 0) is 39.2 Å². The second kappa shape index (κ2) is 6.74. The summed E-state index contributed by atoms with van der Waals surface area (Å²) in [5, 5.41) is -0.263. The number of hydrogen-bond acceptors (Lipinski definition) is 3. The molecule has 1 heterocycles. The first-order valence-corrected chi connectivity index (χ1v) is 8.79. The minimum Gasteiger partial charge on any atom is -0.291 e. The van der Waals surface area contributed by atoms with Crippen LogP contribution in [0, 0.1) is 11.8 Å². The van der Waals surface area contributed by atoms with Crippen LogP contribution >= 0.6 is 0 Å². The molecule has 4 nitrogen and oxygen atoms in total. The highest BCUT2D eigenvalue weighted by molar-refractivity contribution is 7.90. The fraction of sp³-hybridized carbons (Fsp3) is 0.857. The lowest BCUT2D eigenvalue weighted by atomic mass is 10.1. The average Bonchev–Trinajstić information content (AvgIpc) is 2.89. The molecule has 2 aliphatic rings. The minimum absolute atomic E-state index is 0.177. The van der Waals surface area contributed by atoms with Crippen LogP contribution in [-0.4, -0.2) is 44.2 Å². The van der Waals surface area contributed by atoms with Gasteiger partial charge in [0.2, 0.25) is 10.0 Å². The molecule has 5 heteroatoms. The van der Waals surface area contributed by atoms with E-state index in [0.29, 0.717) is 13.1 Å². The van der Waals surface area contributed by atoms with Crippen LogP contribution in [0.3, 0.4) is 0 Å². The zero-order valence-electron chi connectivity index (χ0n) is 11.7. The van der Waals surface area contributed by atoms with Crippen LogP contribution in [0.5, 0.6) is 0 Å². The predicted molar refractivity (Wildman–Crippen MR) is 77.2 cm³/mol. The highest BCUT2D eigenvalue weighted by atomic mass is 32.2. The molecule has 1 unspecified atom stereocenters. The van der Waals surface area contributed by atoms with Crippen LogP contribution in [-0.2, 0) is 10.0 Å². The number of rotatable bonds is 4. The number of nitrogens with one attached hydrogen (secondary N) is 1. The highest BCUT2D eigenvalue weighted by Gasteiger charge is 2.32. The molecule has 2 fully saturated rings. The van der Waals surface area contributed by atoms with Gasteiger partial charge in [0.15, 0.2) is 0 Å². The quantitative estimate of drug-likeness (QED) is 0.793. The molecule has 1 aliphatic carbocycles. The third-order valence-corrected chi connectivity index (χ3v) is 5.99. The Balaban J connectivity index is 1.92. The van der Waals surface area contributed by atoms with E-state index >= 15 is 0 Å². The van der Waals surface area contributed by atoms with Crippen LogP contribution in [0.1, 0.15) is 45.4 Å². The first kappa shape index (κ1) is 14.8. The van der Waals surface area contributed by atoms with E-state index in [0.717, 1.165) is 45.1 Å². The van der Waals surface area contributed by atoms with E-state index in [1.54, 1.807) is 0 Å². The van der Waals surface area contributed by atoms with E-state index in [2.05, 4.69) is 21.5 Å². The molecule has 0 aromatic heterocycles. The zero-order valence-corrected chi connectivity index (χ0v) is 12.5. The maximum absolute atomic E-state index is 12.4. The van der Waals surface area contributed by atoms with Crippen molar-refractivity contribution in [3.8, 4) is 11.8 Å². The third kappa shape index (κ3) is 4.20. The van der Waals surface area contributed by atoms with Gasteiger partial charge in [0.25, 0.3) is 0 Å². The second-order valence-electron chi connectivity index (χ2n) is 5.57. The Morgan fingerprint density at radius 3 is 2.63 bits per heavy atom. The summed E-state index contributed by atoms with van der Waals surface area (Å²) in [6, 6.07) is 0.177. The molecule has 0 aromatic rings. The molecule has 1 aliphatic heterocycles. The predicted octanol–water partition coefficient (Wildman–Crippen LogP) is 1.34. The summed E-state index contributed by atoms with van der Waals surface area (Å²) >= 11 is 0. The van der Waals surface area contributed by atoms with Gasteiger partial charge in [0.05, 0.1) is 11.8 Å². The number of likely N-dealkylation sites (tertiary alicyclic amines) is 1. The van der Waals surface area contributed by atoms with Crippen LogP contribution in [0.4, 0.5) is 0 Å². The number of hydrogen-bond donors (Lipinski definition) is 1. The summed E-state index contributed by atoms with van der Waals surface area (Å²) in [5.41, 5.74) is 0. The smallest absolute Gasteiger partial charge is 0.215 e. The average molecular weight is 284 g/mol. The van der Waals surface area contributed by atoms with E-state index < -0.39 is 10.0 Å². The van der Waals surface area contributed by atoms with Gasteiger partial charge < -0.3 is 0 Å². The molecule has 0 radical (unpaired) electrons. The second-order valence-corrected chi connectivity index (χ2v) is 7.56. The van der Waals surface area contributed by atoms with Crippen LogP contribution in [0.2, 0.25) is 0 Å². The lowest BCUT2D eigenvalue weighted by Crippen LogP contribution is -2.48. The van der Waals surface area contributed by atoms with Crippen molar-refractivity contribution in [2.24, 2.45) is 0 Å². The topological polar surface area (TPSA) is 49.4 Å². The summed E-state index contributed by atoms with van der Waals surface area (Å²) in [5.74, 6) is 5.89. The van der Waals surface area contributed by atoms with Crippen molar-refractivity contribution in [3.05, 3.63) is 0 Å². The van der Waals surface area contributed by atoms with Gasteiger partial charge in [0, 0.05) is 12.6 Å². The van der Waals surface area contributed by atoms with E-state index in [1.807, 2.05) is 6.92 Å². The molecule has 1 N–H and O–H groups in total. The summed E-state index contributed by atoms with van der Waals surface area (Å²) in [6.45, 7) is 4.09. The molecule has 1 saturated heterocycles. The molecule has 0 spiro atoms. The Hall–Kier alpha value is -0.570. The number of sulfonamides is 1. The SMILES string of the molecule is CC#CCN1CCCC(S(=O)(=O)NC2CCCC2)C1. The maximum atomic E-state index is 12.4. The largest absolute Gasteiger partial charge is 0.291 e. The third-order valence-electron chi connectivity index (χ3n) is 4.07. The Kier molecular flexibility index (Phi) is 5.26. The first-order valence-electron chi connectivity index (χ1n) is 7.25. The van der Waals surface area contributed by atoms with Crippen LogP contribution in [0.15, 0.2) is 0 Å². The molecule has 0 aromatic carbocycles. The Morgan fingerprint density at radius 2 is 1.95 bits per heavy atom. The van der Waals surface area contributed by atoms with Gasteiger partial charge >= 0.3 is 0 Å². The standard InChI is InChI=1S/C14H24N2O2S/c1-2-3-10-16-11-6-9-14(12-16)19(17,18)15-13-7-4-5-8-13/h13-15H,4-12H2,1H3. The monoisotopic (exact) mass is 284 g/mol. The van der Waals surface area contributed by atoms with Crippen molar-refractivity contribution in [2.45, 2.75) is 56.7 Å². The van der Waals surface area contributed by atoms with Crippen molar-refractivity contribution in [2.75, 3.05) is 19.6 Å². The Labute approximate surface area is 117 Å². The molecule has 0 bridgehead atoms.